The first kappa shape index (κ1) is 19.9. The standard InChI is InChI=1S/C19H23F2N5O2/c1-12-10-15(13(2)24-23-12)18(27)22-16-5-4-14(11-17(16)28-19(20)21)26-8-6-25(3)7-9-26/h4-5,10-11,19H,6-9H2,1-3H3,(H,22,27). The van der Waals surface area contributed by atoms with Gasteiger partial charge in [-0.15, -0.1) is 0 Å². The van der Waals surface area contributed by atoms with E-state index in [0.29, 0.717) is 17.0 Å². The number of aromatic nitrogens is 2. The van der Waals surface area contributed by atoms with Crippen molar-refractivity contribution in [3.63, 3.8) is 0 Å². The second-order valence-electron chi connectivity index (χ2n) is 6.79. The molecule has 1 aromatic heterocycles. The van der Waals surface area contributed by atoms with Gasteiger partial charge in [-0.05, 0) is 39.1 Å². The Morgan fingerprint density at radius 2 is 1.86 bits per heavy atom. The van der Waals surface area contributed by atoms with Crippen molar-refractivity contribution < 1.29 is 18.3 Å². The molecule has 1 amide bonds. The quantitative estimate of drug-likeness (QED) is 0.845. The van der Waals surface area contributed by atoms with Gasteiger partial charge >= 0.3 is 6.61 Å². The van der Waals surface area contributed by atoms with Crippen LogP contribution in [-0.4, -0.2) is 60.8 Å². The molecule has 28 heavy (non-hydrogen) atoms. The SMILES string of the molecule is Cc1cc(C(=O)Nc2ccc(N3CCN(C)CC3)cc2OC(F)F)c(C)nn1. The summed E-state index contributed by atoms with van der Waals surface area (Å²) in [5.74, 6) is -0.530. The van der Waals surface area contributed by atoms with Gasteiger partial charge in [0.15, 0.2) is 5.75 Å². The normalized spacial score (nSPS) is 15.0. The number of piperazine rings is 1. The van der Waals surface area contributed by atoms with Crippen LogP contribution in [0.3, 0.4) is 0 Å². The first-order valence-electron chi connectivity index (χ1n) is 8.98. The number of likely N-dealkylation sites (N-methyl/N-ethyl adjacent to an activating group) is 1. The number of benzene rings is 1. The maximum atomic E-state index is 12.9. The highest BCUT2D eigenvalue weighted by molar-refractivity contribution is 6.05. The van der Waals surface area contributed by atoms with Crippen LogP contribution in [0.1, 0.15) is 21.7 Å². The maximum Gasteiger partial charge on any atom is 0.387 e. The van der Waals surface area contributed by atoms with Crippen molar-refractivity contribution >= 4 is 17.3 Å². The van der Waals surface area contributed by atoms with Gasteiger partial charge in [0.2, 0.25) is 0 Å². The Morgan fingerprint density at radius 3 is 2.54 bits per heavy atom. The smallest absolute Gasteiger partial charge is 0.387 e. The molecule has 1 aliphatic heterocycles. The molecule has 2 heterocycles. The number of nitrogens with one attached hydrogen (secondary N) is 1. The molecule has 1 aromatic carbocycles. The fourth-order valence-corrected chi connectivity index (χ4v) is 3.04. The van der Waals surface area contributed by atoms with E-state index in [-0.39, 0.29) is 11.4 Å². The summed E-state index contributed by atoms with van der Waals surface area (Å²) in [4.78, 5) is 16.9. The van der Waals surface area contributed by atoms with Gasteiger partial charge in [-0.1, -0.05) is 0 Å². The lowest BCUT2D eigenvalue weighted by Crippen LogP contribution is -2.44. The Morgan fingerprint density at radius 1 is 1.14 bits per heavy atom. The van der Waals surface area contributed by atoms with E-state index in [0.717, 1.165) is 31.9 Å². The molecule has 0 spiro atoms. The molecule has 0 saturated carbocycles. The van der Waals surface area contributed by atoms with E-state index >= 15 is 0 Å². The summed E-state index contributed by atoms with van der Waals surface area (Å²) >= 11 is 0. The second kappa shape index (κ2) is 8.47. The molecule has 1 aliphatic rings. The molecule has 0 atom stereocenters. The molecule has 0 bridgehead atoms. The molecule has 1 fully saturated rings. The van der Waals surface area contributed by atoms with Crippen LogP contribution in [0.4, 0.5) is 20.2 Å². The van der Waals surface area contributed by atoms with Crippen LogP contribution in [0, 0.1) is 13.8 Å². The zero-order valence-electron chi connectivity index (χ0n) is 16.1. The number of nitrogens with zero attached hydrogens (tertiary/aromatic N) is 4. The van der Waals surface area contributed by atoms with Crippen LogP contribution in [0.25, 0.3) is 0 Å². The summed E-state index contributed by atoms with van der Waals surface area (Å²) in [6.07, 6.45) is 0. The van der Waals surface area contributed by atoms with Crippen LogP contribution in [0.2, 0.25) is 0 Å². The number of carbonyl (C=O) groups is 1. The number of halogens is 2. The molecule has 2 aromatic rings. The Balaban J connectivity index is 1.85. The number of amides is 1. The van der Waals surface area contributed by atoms with E-state index in [2.05, 4.69) is 30.1 Å². The zero-order valence-corrected chi connectivity index (χ0v) is 16.1. The monoisotopic (exact) mass is 391 g/mol. The molecule has 1 saturated heterocycles. The average Bonchev–Trinajstić information content (AvgIpc) is 2.65. The largest absolute Gasteiger partial charge is 0.433 e. The van der Waals surface area contributed by atoms with Gasteiger partial charge in [-0.2, -0.15) is 19.0 Å². The fourth-order valence-electron chi connectivity index (χ4n) is 3.04. The minimum atomic E-state index is -3.00. The lowest BCUT2D eigenvalue weighted by atomic mass is 10.1. The molecule has 7 nitrogen and oxygen atoms in total. The molecule has 0 radical (unpaired) electrons. The number of ether oxygens (including phenoxy) is 1. The number of hydrogen-bond acceptors (Lipinski definition) is 6. The molecule has 1 N–H and O–H groups in total. The molecule has 150 valence electrons. The lowest BCUT2D eigenvalue weighted by molar-refractivity contribution is -0.0493. The predicted molar refractivity (Wildman–Crippen MR) is 102 cm³/mol. The van der Waals surface area contributed by atoms with Crippen LogP contribution >= 0.6 is 0 Å². The number of anilines is 2. The van der Waals surface area contributed by atoms with E-state index in [9.17, 15) is 13.6 Å². The van der Waals surface area contributed by atoms with E-state index in [4.69, 9.17) is 0 Å². The van der Waals surface area contributed by atoms with Crippen molar-refractivity contribution in [2.75, 3.05) is 43.4 Å². The van der Waals surface area contributed by atoms with E-state index in [1.807, 2.05) is 7.05 Å². The Labute approximate surface area is 162 Å². The van der Waals surface area contributed by atoms with Crippen molar-refractivity contribution in [1.29, 1.82) is 0 Å². The van der Waals surface area contributed by atoms with Gasteiger partial charge in [-0.3, -0.25) is 4.79 Å². The van der Waals surface area contributed by atoms with Crippen LogP contribution < -0.4 is 15.0 Å². The predicted octanol–water partition coefficient (Wildman–Crippen LogP) is 2.70. The maximum absolute atomic E-state index is 12.9. The van der Waals surface area contributed by atoms with Crippen molar-refractivity contribution in [2.45, 2.75) is 20.5 Å². The Bertz CT molecular complexity index is 854. The van der Waals surface area contributed by atoms with E-state index in [1.165, 1.54) is 6.07 Å². The summed E-state index contributed by atoms with van der Waals surface area (Å²) in [6, 6.07) is 6.52. The number of aryl methyl sites for hydroxylation is 2. The minimum Gasteiger partial charge on any atom is -0.433 e. The van der Waals surface area contributed by atoms with Crippen molar-refractivity contribution in [2.24, 2.45) is 0 Å². The first-order chi connectivity index (χ1) is 13.3. The average molecular weight is 391 g/mol. The van der Waals surface area contributed by atoms with Gasteiger partial charge in [0.05, 0.1) is 22.6 Å². The van der Waals surface area contributed by atoms with E-state index < -0.39 is 12.5 Å². The highest BCUT2D eigenvalue weighted by atomic mass is 19.3. The number of rotatable bonds is 5. The third kappa shape index (κ3) is 4.72. The van der Waals surface area contributed by atoms with Gasteiger partial charge in [0, 0.05) is 37.9 Å². The van der Waals surface area contributed by atoms with Gasteiger partial charge in [-0.25, -0.2) is 0 Å². The minimum absolute atomic E-state index is 0.0730. The summed E-state index contributed by atoms with van der Waals surface area (Å²) < 4.78 is 30.5. The van der Waals surface area contributed by atoms with Gasteiger partial charge in [0.1, 0.15) is 0 Å². The van der Waals surface area contributed by atoms with Gasteiger partial charge in [0.25, 0.3) is 5.91 Å². The summed E-state index contributed by atoms with van der Waals surface area (Å²) in [5.41, 5.74) is 2.33. The molecule has 0 unspecified atom stereocenters. The van der Waals surface area contributed by atoms with Crippen molar-refractivity contribution in [1.82, 2.24) is 15.1 Å². The third-order valence-corrected chi connectivity index (χ3v) is 4.64. The van der Waals surface area contributed by atoms with Crippen LogP contribution in [-0.2, 0) is 0 Å². The van der Waals surface area contributed by atoms with Crippen LogP contribution in [0.5, 0.6) is 5.75 Å². The van der Waals surface area contributed by atoms with Gasteiger partial charge < -0.3 is 19.9 Å². The fraction of sp³-hybridized carbons (Fsp3) is 0.421. The topological polar surface area (TPSA) is 70.6 Å². The molecular weight excluding hydrogens is 368 g/mol. The second-order valence-corrected chi connectivity index (χ2v) is 6.79. The highest BCUT2D eigenvalue weighted by Gasteiger charge is 2.19. The molecule has 0 aliphatic carbocycles. The number of carbonyl (C=O) groups excluding carboxylic acids is 1. The highest BCUT2D eigenvalue weighted by Crippen LogP contribution is 2.32. The zero-order chi connectivity index (χ0) is 20.3. The number of alkyl halides is 2. The number of hydrogen-bond donors (Lipinski definition) is 1. The van der Waals surface area contributed by atoms with E-state index in [1.54, 1.807) is 32.0 Å². The summed E-state index contributed by atoms with van der Waals surface area (Å²) in [5, 5.41) is 10.5. The molecule has 9 heteroatoms. The lowest BCUT2D eigenvalue weighted by Gasteiger charge is -2.34. The molecule has 3 rings (SSSR count). The third-order valence-electron chi connectivity index (χ3n) is 4.64. The summed E-state index contributed by atoms with van der Waals surface area (Å²) in [7, 11) is 2.04. The summed E-state index contributed by atoms with van der Waals surface area (Å²) in [6.45, 7) is 3.74. The van der Waals surface area contributed by atoms with Crippen molar-refractivity contribution in [3.8, 4) is 5.75 Å². The van der Waals surface area contributed by atoms with Crippen LogP contribution in [0.15, 0.2) is 24.3 Å². The Hall–Kier alpha value is -2.81. The van der Waals surface area contributed by atoms with Crippen molar-refractivity contribution in [3.05, 3.63) is 41.2 Å². The Kier molecular flexibility index (Phi) is 6.03. The first-order valence-corrected chi connectivity index (χ1v) is 8.98. The molecular formula is C19H23F2N5O2.